The highest BCUT2D eigenvalue weighted by Crippen LogP contribution is 2.45. The number of rotatable bonds is 19. The predicted octanol–water partition coefficient (Wildman–Crippen LogP) is 11.7. The smallest absolute Gasteiger partial charge is 0.236 e. The molecule has 0 radical (unpaired) electrons. The van der Waals surface area contributed by atoms with Crippen molar-refractivity contribution in [3.8, 4) is 51.4 Å². The first-order valence-corrected chi connectivity index (χ1v) is 45.3. The molecule has 0 spiro atoms. The fourth-order valence-electron chi connectivity index (χ4n) is 13.2. The lowest BCUT2D eigenvalue weighted by Gasteiger charge is -2.37. The summed E-state index contributed by atoms with van der Waals surface area (Å²) in [4.78, 5) is 55.2. The van der Waals surface area contributed by atoms with E-state index >= 15 is 0 Å². The minimum atomic E-state index is -3.27. The molecule has 7 aliphatic rings. The van der Waals surface area contributed by atoms with E-state index in [0.29, 0.717) is 111 Å². The van der Waals surface area contributed by atoms with Crippen molar-refractivity contribution in [2.24, 2.45) is 5.92 Å². The molecule has 0 atom stereocenters. The van der Waals surface area contributed by atoms with E-state index in [0.717, 1.165) is 180 Å². The zero-order valence-corrected chi connectivity index (χ0v) is 69.6. The number of thiophene rings is 3. The molecule has 9 aromatic rings. The Balaban J connectivity index is 0.000000139. The van der Waals surface area contributed by atoms with Crippen LogP contribution in [0.4, 0.5) is 23.5 Å². The number of nitrogens with two attached hydrogens (primary N) is 1. The largest absolute Gasteiger partial charge is 0.481 e. The Labute approximate surface area is 656 Å². The molecule has 0 amide bonds. The van der Waals surface area contributed by atoms with Crippen molar-refractivity contribution in [3.05, 3.63) is 77.1 Å². The van der Waals surface area contributed by atoms with Gasteiger partial charge >= 0.3 is 0 Å². The average molecular weight is 1730 g/mol. The van der Waals surface area contributed by atoms with Crippen LogP contribution in [0.5, 0.6) is 17.6 Å². The number of hydrogen-bond donors (Lipinski definition) is 2. The van der Waals surface area contributed by atoms with Gasteiger partial charge in [0.05, 0.1) is 145 Å². The van der Waals surface area contributed by atoms with Crippen molar-refractivity contribution in [1.29, 1.82) is 0 Å². The molecule has 16 rings (SSSR count). The Morgan fingerprint density at radius 1 is 0.523 bits per heavy atom. The molecule has 13 heterocycles. The monoisotopic (exact) mass is 1730 g/mol. The Morgan fingerprint density at radius 2 is 0.879 bits per heavy atom. The zero-order valence-electron chi connectivity index (χ0n) is 60.8. The van der Waals surface area contributed by atoms with Crippen LogP contribution in [0.15, 0.2) is 45.7 Å². The summed E-state index contributed by atoms with van der Waals surface area (Å²) in [5, 5.41) is 9.79. The van der Waals surface area contributed by atoms with Crippen LogP contribution in [0.3, 0.4) is 0 Å². The second-order valence-corrected chi connectivity index (χ2v) is 40.8. The lowest BCUT2D eigenvalue weighted by molar-refractivity contribution is -0.0135. The first kappa shape index (κ1) is 79.2. The van der Waals surface area contributed by atoms with E-state index in [4.69, 9.17) is 74.7 Å². The molecule has 576 valence electrons. The maximum Gasteiger partial charge on any atom is 0.236 e. The van der Waals surface area contributed by atoms with E-state index in [1.807, 2.05) is 39.0 Å². The van der Waals surface area contributed by atoms with Gasteiger partial charge in [-0.1, -0.05) is 0 Å². The fraction of sp³-hybridized carbons (Fsp3) is 0.535. The summed E-state index contributed by atoms with van der Waals surface area (Å²) in [6.07, 6.45) is 11.5. The summed E-state index contributed by atoms with van der Waals surface area (Å²) in [6, 6.07) is 5.58. The van der Waals surface area contributed by atoms with Crippen molar-refractivity contribution in [2.45, 2.75) is 125 Å². The summed E-state index contributed by atoms with van der Waals surface area (Å²) in [7, 11) is -0.159. The number of methoxy groups -OCH3 is 3. The number of nitrogen functional groups attached to an aromatic ring is 1. The van der Waals surface area contributed by atoms with Crippen LogP contribution >= 0.6 is 76.6 Å². The van der Waals surface area contributed by atoms with Gasteiger partial charge in [0, 0.05) is 123 Å². The third-order valence-corrected chi connectivity index (χ3v) is 32.0. The maximum absolute atomic E-state index is 12.9. The van der Waals surface area contributed by atoms with Crippen LogP contribution in [-0.2, 0) is 61.0 Å². The summed E-state index contributed by atoms with van der Waals surface area (Å²) < 4.78 is 109. The van der Waals surface area contributed by atoms with Crippen LogP contribution in [0.1, 0.15) is 96.5 Å². The predicted molar refractivity (Wildman–Crippen MR) is 428 cm³/mol. The van der Waals surface area contributed by atoms with E-state index in [1.165, 1.54) is 24.7 Å². The Hall–Kier alpha value is -5.93. The highest BCUT2D eigenvalue weighted by molar-refractivity contribution is 9.11. The number of sulfone groups is 2. The molecule has 0 unspecified atom stereocenters. The number of anilines is 4. The number of aliphatic hydroxyl groups is 1. The molecule has 3 N–H and O–H groups in total. The van der Waals surface area contributed by atoms with E-state index in [2.05, 4.69) is 80.3 Å². The van der Waals surface area contributed by atoms with Crippen molar-refractivity contribution in [1.82, 2.24) is 49.8 Å². The van der Waals surface area contributed by atoms with E-state index in [9.17, 15) is 30.4 Å². The molecular weight excluding hydrogens is 1640 g/mol. The van der Waals surface area contributed by atoms with Crippen molar-refractivity contribution in [3.63, 3.8) is 0 Å². The quantitative estimate of drug-likeness (QED) is 0.0710. The molecule has 27 nitrogen and oxygen atoms in total. The minimum absolute atomic E-state index is 0.0839. The summed E-state index contributed by atoms with van der Waals surface area (Å²) >= 11 is 12.3. The van der Waals surface area contributed by atoms with Gasteiger partial charge < -0.3 is 54.0 Å². The Morgan fingerprint density at radius 3 is 1.22 bits per heavy atom. The first-order chi connectivity index (χ1) is 51.1. The number of ether oxygens (including phenoxy) is 6. The number of halogens is 3. The molecule has 9 aromatic heterocycles. The third kappa shape index (κ3) is 18.5. The standard InChI is InChI=1S/C30H41N5O5S2.C21H23BrN4O4S2.C17H18BrN5O2S.C3H5ClO2S/c1-19-24(17-34-9-7-22(8-10-34)30(2,3)36)26-27(41-19)25(32-29(33-26)35-11-13-40-14-12-35)20-15-21(28(39-4)31-16-20)18-42(37,38)23-5-6-23;1-12-16(22)18-19(31-12)17(24-21(25-18)26-5-7-30-8-6-26)13-9-14(20(29-2)23-10-13)11-32(27,28)15-3-4-15;1-9-12(18)14-15(26-9)13(10-7-11(19)16(24-2)20-8-10)21-17(22-14)23-3-5-25-6-4-23;4-7(5,6)3-1-2-3/h15-16,22-23,36H,5-14,17-18H2,1-4H3;9-10,15H,3-8,11H2,1-2H3;7-8H,3-6,19H2,1-2H3;3H,1-2H2. The molecule has 0 bridgehead atoms. The summed E-state index contributed by atoms with van der Waals surface area (Å²) in [5.41, 5.74) is 15.6. The summed E-state index contributed by atoms with van der Waals surface area (Å²) in [5.74, 6) is 3.19. The Bertz CT molecular complexity index is 5110. The van der Waals surface area contributed by atoms with Crippen molar-refractivity contribution >= 4 is 159 Å². The number of hydrogen-bond acceptors (Lipinski definition) is 30. The molecular formula is C71H87Br2ClN14O13S6. The average Bonchev–Trinajstić information content (AvgIpc) is 1.61. The van der Waals surface area contributed by atoms with Crippen LogP contribution in [0.25, 0.3) is 64.4 Å². The third-order valence-electron chi connectivity index (χ3n) is 19.8. The zero-order chi connectivity index (χ0) is 75.9. The van der Waals surface area contributed by atoms with Gasteiger partial charge in [0.25, 0.3) is 0 Å². The van der Waals surface area contributed by atoms with Gasteiger partial charge in [-0.15, -0.1) is 34.0 Å². The molecule has 3 aliphatic carbocycles. The summed E-state index contributed by atoms with van der Waals surface area (Å²) in [6.45, 7) is 21.0. The van der Waals surface area contributed by atoms with Crippen LogP contribution < -0.4 is 34.6 Å². The number of pyridine rings is 3. The van der Waals surface area contributed by atoms with Crippen molar-refractivity contribution in [2.75, 3.05) is 134 Å². The number of morpholine rings is 3. The van der Waals surface area contributed by atoms with Gasteiger partial charge in [0.15, 0.2) is 19.7 Å². The molecule has 7 fully saturated rings. The van der Waals surface area contributed by atoms with Crippen LogP contribution in [0.2, 0.25) is 0 Å². The van der Waals surface area contributed by atoms with Crippen molar-refractivity contribution < 1.29 is 58.8 Å². The van der Waals surface area contributed by atoms with Crippen LogP contribution in [-0.4, -0.2) is 215 Å². The molecule has 0 aromatic carbocycles. The second kappa shape index (κ2) is 33.2. The lowest BCUT2D eigenvalue weighted by Crippen LogP contribution is -2.41. The maximum atomic E-state index is 12.9. The lowest BCUT2D eigenvalue weighted by atomic mass is 9.83. The minimum Gasteiger partial charge on any atom is -0.481 e. The highest BCUT2D eigenvalue weighted by atomic mass is 79.9. The topological polar surface area (TPSA) is 333 Å². The second-order valence-electron chi connectivity index (χ2n) is 28.0. The van der Waals surface area contributed by atoms with Gasteiger partial charge in [0.1, 0.15) is 11.0 Å². The molecule has 3 saturated carbocycles. The molecule has 36 heteroatoms. The normalized spacial score (nSPS) is 17.9. The van der Waals surface area contributed by atoms with Gasteiger partial charge in [-0.25, -0.2) is 70.1 Å². The van der Waals surface area contributed by atoms with E-state index in [1.54, 1.807) is 59.7 Å². The fourth-order valence-corrected chi connectivity index (χ4v) is 22.3. The number of aryl methyl sites for hydroxylation is 3. The number of fused-ring (bicyclic) bond motifs is 3. The van der Waals surface area contributed by atoms with Gasteiger partial charge in [0.2, 0.25) is 44.5 Å². The number of piperidine rings is 1. The van der Waals surface area contributed by atoms with Gasteiger partial charge in [-0.2, -0.15) is 0 Å². The number of nitrogens with zero attached hydrogens (tertiary/aromatic N) is 13. The molecule has 107 heavy (non-hydrogen) atoms. The SMILES string of the molecule is COc1ncc(-c2nc(N3CCOCC3)nc3c(Br)c(C)sc23)cc1CS(=O)(=O)C1CC1.COc1ncc(-c2nc(N3CCOCC3)nc3c(Br)c(C)sc23)cc1N.COc1ncc(-c2nc(N3CCOCC3)nc3c(CN4CCC(C(C)(C)O)CC4)c(C)sc23)cc1CS(=O)(=O)C1CC1.O=S(=O)(Cl)C1CC1. The highest BCUT2D eigenvalue weighted by Gasteiger charge is 2.39. The van der Waals surface area contributed by atoms with E-state index in [-0.39, 0.29) is 27.3 Å². The number of likely N-dealkylation sites (tertiary alicyclic amines) is 1. The number of aromatic nitrogens is 9. The van der Waals surface area contributed by atoms with Gasteiger partial charge in [-0.3, -0.25) is 4.90 Å². The first-order valence-electron chi connectivity index (χ1n) is 35.5. The van der Waals surface area contributed by atoms with Gasteiger partial charge in [-0.05, 0) is 155 Å². The van der Waals surface area contributed by atoms with E-state index < -0.39 is 34.3 Å². The Kier molecular flexibility index (Phi) is 24.5. The van der Waals surface area contributed by atoms with Crippen LogP contribution in [0, 0.1) is 26.7 Å². The molecule has 4 saturated heterocycles. The molecule has 4 aliphatic heterocycles.